The molecule has 0 fully saturated rings. The summed E-state index contributed by atoms with van der Waals surface area (Å²) >= 11 is 0. The average Bonchev–Trinajstić information content (AvgIpc) is 2.46. The lowest BCUT2D eigenvalue weighted by Gasteiger charge is -2.08. The Labute approximate surface area is 115 Å². The average molecular weight is 265 g/mol. The van der Waals surface area contributed by atoms with E-state index in [0.717, 1.165) is 10.8 Å². The maximum Gasteiger partial charge on any atom is 0.193 e. The highest BCUT2D eigenvalue weighted by molar-refractivity contribution is 6.16. The molecule has 3 aromatic rings. The Balaban J connectivity index is 2.18. The first-order chi connectivity index (χ1) is 9.66. The SMILES string of the molecule is Cc1cc(F)ccc1C(=O)c1cccc2cnccc12. The molecule has 3 rings (SSSR count). The molecule has 0 saturated heterocycles. The Morgan fingerprint density at radius 3 is 2.75 bits per heavy atom. The van der Waals surface area contributed by atoms with Crippen molar-refractivity contribution in [3.63, 3.8) is 0 Å². The van der Waals surface area contributed by atoms with Crippen molar-refractivity contribution in [1.82, 2.24) is 4.98 Å². The van der Waals surface area contributed by atoms with Gasteiger partial charge in [-0.2, -0.15) is 0 Å². The summed E-state index contributed by atoms with van der Waals surface area (Å²) in [7, 11) is 0. The summed E-state index contributed by atoms with van der Waals surface area (Å²) in [5, 5.41) is 1.77. The molecule has 0 atom stereocenters. The van der Waals surface area contributed by atoms with Gasteiger partial charge in [0, 0.05) is 28.9 Å². The minimum atomic E-state index is -0.332. The van der Waals surface area contributed by atoms with Crippen LogP contribution in [0.2, 0.25) is 0 Å². The normalized spacial score (nSPS) is 10.7. The first kappa shape index (κ1) is 12.5. The van der Waals surface area contributed by atoms with Crippen LogP contribution in [0.15, 0.2) is 54.9 Å². The van der Waals surface area contributed by atoms with Gasteiger partial charge in [-0.3, -0.25) is 9.78 Å². The topological polar surface area (TPSA) is 30.0 Å². The van der Waals surface area contributed by atoms with E-state index < -0.39 is 0 Å². The van der Waals surface area contributed by atoms with Crippen LogP contribution in [0, 0.1) is 12.7 Å². The number of hydrogen-bond donors (Lipinski definition) is 0. The van der Waals surface area contributed by atoms with E-state index in [0.29, 0.717) is 16.7 Å². The van der Waals surface area contributed by atoms with Crippen molar-refractivity contribution in [2.45, 2.75) is 6.92 Å². The van der Waals surface area contributed by atoms with E-state index in [1.54, 1.807) is 25.4 Å². The Kier molecular flexibility index (Phi) is 3.03. The lowest BCUT2D eigenvalue weighted by Crippen LogP contribution is -2.04. The van der Waals surface area contributed by atoms with Gasteiger partial charge in [-0.15, -0.1) is 0 Å². The number of rotatable bonds is 2. The van der Waals surface area contributed by atoms with Crippen LogP contribution < -0.4 is 0 Å². The highest BCUT2D eigenvalue weighted by Crippen LogP contribution is 2.22. The van der Waals surface area contributed by atoms with E-state index in [9.17, 15) is 9.18 Å². The molecule has 1 aromatic heterocycles. The fourth-order valence-corrected chi connectivity index (χ4v) is 2.35. The molecule has 0 unspecified atom stereocenters. The van der Waals surface area contributed by atoms with Crippen molar-refractivity contribution in [3.8, 4) is 0 Å². The molecule has 3 heteroatoms. The van der Waals surface area contributed by atoms with Crippen molar-refractivity contribution in [2.75, 3.05) is 0 Å². The molecule has 0 aliphatic rings. The second-order valence-corrected chi connectivity index (χ2v) is 4.69. The molecule has 2 aromatic carbocycles. The second-order valence-electron chi connectivity index (χ2n) is 4.69. The van der Waals surface area contributed by atoms with Crippen LogP contribution in [-0.4, -0.2) is 10.8 Å². The minimum absolute atomic E-state index is 0.0979. The predicted molar refractivity (Wildman–Crippen MR) is 76.3 cm³/mol. The van der Waals surface area contributed by atoms with Crippen molar-refractivity contribution in [1.29, 1.82) is 0 Å². The number of aryl methyl sites for hydroxylation is 1. The molecule has 20 heavy (non-hydrogen) atoms. The fraction of sp³-hybridized carbons (Fsp3) is 0.0588. The Bertz CT molecular complexity index is 806. The van der Waals surface area contributed by atoms with Crippen LogP contribution in [0.3, 0.4) is 0 Å². The van der Waals surface area contributed by atoms with Gasteiger partial charge in [0.1, 0.15) is 5.82 Å². The molecule has 98 valence electrons. The quantitative estimate of drug-likeness (QED) is 0.657. The molecule has 1 heterocycles. The Morgan fingerprint density at radius 1 is 1.10 bits per heavy atom. The summed E-state index contributed by atoms with van der Waals surface area (Å²) < 4.78 is 13.1. The molecule has 0 aliphatic heterocycles. The van der Waals surface area contributed by atoms with Gasteiger partial charge in [0.2, 0.25) is 0 Å². The van der Waals surface area contributed by atoms with Gasteiger partial charge in [-0.05, 0) is 42.1 Å². The van der Waals surface area contributed by atoms with Crippen LogP contribution in [0.5, 0.6) is 0 Å². The summed E-state index contributed by atoms with van der Waals surface area (Å²) in [6.45, 7) is 1.74. The lowest BCUT2D eigenvalue weighted by molar-refractivity contribution is 0.103. The number of benzene rings is 2. The summed E-state index contributed by atoms with van der Waals surface area (Å²) in [6, 6.07) is 11.6. The number of halogens is 1. The molecule has 0 aliphatic carbocycles. The number of hydrogen-bond acceptors (Lipinski definition) is 2. The highest BCUT2D eigenvalue weighted by atomic mass is 19.1. The molecule has 0 bridgehead atoms. The van der Waals surface area contributed by atoms with E-state index >= 15 is 0 Å². The first-order valence-electron chi connectivity index (χ1n) is 6.30. The van der Waals surface area contributed by atoms with E-state index in [4.69, 9.17) is 0 Å². The number of pyridine rings is 1. The maximum absolute atomic E-state index is 13.1. The molecule has 0 N–H and O–H groups in total. The lowest BCUT2D eigenvalue weighted by atomic mass is 9.95. The zero-order valence-corrected chi connectivity index (χ0v) is 10.9. The second kappa shape index (κ2) is 4.85. The van der Waals surface area contributed by atoms with Crippen molar-refractivity contribution < 1.29 is 9.18 Å². The summed E-state index contributed by atoms with van der Waals surface area (Å²) in [6.07, 6.45) is 3.39. The molecular weight excluding hydrogens is 253 g/mol. The maximum atomic E-state index is 13.1. The predicted octanol–water partition coefficient (Wildman–Crippen LogP) is 3.91. The van der Waals surface area contributed by atoms with Gasteiger partial charge in [-0.1, -0.05) is 18.2 Å². The largest absolute Gasteiger partial charge is 0.289 e. The molecule has 0 saturated carbocycles. The van der Waals surface area contributed by atoms with Crippen molar-refractivity contribution in [2.24, 2.45) is 0 Å². The van der Waals surface area contributed by atoms with E-state index in [-0.39, 0.29) is 11.6 Å². The molecule has 0 amide bonds. The Morgan fingerprint density at radius 2 is 1.95 bits per heavy atom. The standard InChI is InChI=1S/C17H12FNO/c1-11-9-13(18)5-6-14(11)17(20)16-4-2-3-12-10-19-8-7-15(12)16/h2-10H,1H3. The zero-order chi connectivity index (χ0) is 14.1. The third-order valence-electron chi connectivity index (χ3n) is 3.36. The van der Waals surface area contributed by atoms with Crippen LogP contribution in [0.25, 0.3) is 10.8 Å². The minimum Gasteiger partial charge on any atom is -0.289 e. The van der Waals surface area contributed by atoms with Crippen molar-refractivity contribution in [3.05, 3.63) is 77.4 Å². The Hall–Kier alpha value is -2.55. The van der Waals surface area contributed by atoms with Gasteiger partial charge in [0.05, 0.1) is 0 Å². The van der Waals surface area contributed by atoms with Crippen LogP contribution in [0.4, 0.5) is 4.39 Å². The van der Waals surface area contributed by atoms with Crippen LogP contribution >= 0.6 is 0 Å². The van der Waals surface area contributed by atoms with E-state index in [1.165, 1.54) is 18.2 Å². The van der Waals surface area contributed by atoms with Crippen LogP contribution in [-0.2, 0) is 0 Å². The molecule has 2 nitrogen and oxygen atoms in total. The third-order valence-corrected chi connectivity index (χ3v) is 3.36. The third kappa shape index (κ3) is 2.07. The van der Waals surface area contributed by atoms with E-state index in [1.807, 2.05) is 18.2 Å². The van der Waals surface area contributed by atoms with Gasteiger partial charge in [-0.25, -0.2) is 4.39 Å². The van der Waals surface area contributed by atoms with Gasteiger partial charge in [0.15, 0.2) is 5.78 Å². The number of carbonyl (C=O) groups is 1. The molecule has 0 radical (unpaired) electrons. The van der Waals surface area contributed by atoms with E-state index in [2.05, 4.69) is 4.98 Å². The smallest absolute Gasteiger partial charge is 0.193 e. The molecular formula is C17H12FNO. The summed E-state index contributed by atoms with van der Waals surface area (Å²) in [4.78, 5) is 16.7. The molecule has 0 spiro atoms. The first-order valence-corrected chi connectivity index (χ1v) is 6.30. The van der Waals surface area contributed by atoms with Gasteiger partial charge >= 0.3 is 0 Å². The van der Waals surface area contributed by atoms with Crippen molar-refractivity contribution >= 4 is 16.6 Å². The highest BCUT2D eigenvalue weighted by Gasteiger charge is 2.14. The zero-order valence-electron chi connectivity index (χ0n) is 10.9. The number of carbonyl (C=O) groups excluding carboxylic acids is 1. The van der Waals surface area contributed by atoms with Gasteiger partial charge in [0.25, 0.3) is 0 Å². The van der Waals surface area contributed by atoms with Gasteiger partial charge < -0.3 is 0 Å². The fourth-order valence-electron chi connectivity index (χ4n) is 2.35. The number of aromatic nitrogens is 1. The summed E-state index contributed by atoms with van der Waals surface area (Å²) in [5.41, 5.74) is 1.77. The number of fused-ring (bicyclic) bond motifs is 1. The number of ketones is 1. The monoisotopic (exact) mass is 265 g/mol. The number of nitrogens with zero attached hydrogens (tertiary/aromatic N) is 1. The van der Waals surface area contributed by atoms with Crippen LogP contribution in [0.1, 0.15) is 21.5 Å². The summed E-state index contributed by atoms with van der Waals surface area (Å²) in [5.74, 6) is -0.430.